The number of nitrogens with zero attached hydrogens (tertiary/aromatic N) is 2. The van der Waals surface area contributed by atoms with Crippen molar-refractivity contribution in [3.63, 3.8) is 0 Å². The zero-order valence-corrected chi connectivity index (χ0v) is 15.1. The molecular weight excluding hydrogens is 375 g/mol. The molecule has 2 fully saturated rings. The first kappa shape index (κ1) is 17.1. The molecule has 4 atom stereocenters. The van der Waals surface area contributed by atoms with E-state index in [0.29, 0.717) is 5.56 Å². The molecule has 1 saturated carbocycles. The van der Waals surface area contributed by atoms with Crippen LogP contribution in [0.15, 0.2) is 29.4 Å². The van der Waals surface area contributed by atoms with Gasteiger partial charge in [0, 0.05) is 0 Å². The van der Waals surface area contributed by atoms with Crippen molar-refractivity contribution in [1.29, 1.82) is 0 Å². The average molecular weight is 389 g/mol. The first-order valence-electron chi connectivity index (χ1n) is 8.16. The number of halogens is 2. The standard InChI is InChI=1S/C19H14Cl2N2O3/c1-2-5-26-17-13(20)6-10(7-14(17)21)9-22-23-18(24)15-11-3-4-12(8-11)16(15)19(23)25/h1,3-4,6-7,9,11-12,15-16H,5,8H2. The van der Waals surface area contributed by atoms with Crippen LogP contribution in [-0.4, -0.2) is 29.6 Å². The Morgan fingerprint density at radius 3 is 2.31 bits per heavy atom. The predicted octanol–water partition coefficient (Wildman–Crippen LogP) is 3.15. The van der Waals surface area contributed by atoms with Gasteiger partial charge in [-0.15, -0.1) is 6.42 Å². The van der Waals surface area contributed by atoms with Crippen LogP contribution >= 0.6 is 23.2 Å². The van der Waals surface area contributed by atoms with E-state index in [9.17, 15) is 9.59 Å². The van der Waals surface area contributed by atoms with Gasteiger partial charge < -0.3 is 4.74 Å². The van der Waals surface area contributed by atoms with E-state index in [1.165, 1.54) is 6.21 Å². The maximum Gasteiger partial charge on any atom is 0.254 e. The van der Waals surface area contributed by atoms with Crippen LogP contribution in [0.1, 0.15) is 12.0 Å². The molecule has 2 bridgehead atoms. The Morgan fingerprint density at radius 1 is 1.19 bits per heavy atom. The van der Waals surface area contributed by atoms with Crippen LogP contribution in [0.25, 0.3) is 0 Å². The number of ether oxygens (including phenoxy) is 1. The molecule has 0 radical (unpaired) electrons. The highest BCUT2D eigenvalue weighted by atomic mass is 35.5. The summed E-state index contributed by atoms with van der Waals surface area (Å²) in [6, 6.07) is 3.17. The summed E-state index contributed by atoms with van der Waals surface area (Å²) in [5.74, 6) is 1.90. The number of imide groups is 1. The summed E-state index contributed by atoms with van der Waals surface area (Å²) in [4.78, 5) is 25.2. The maximum atomic E-state index is 12.6. The molecule has 7 heteroatoms. The molecule has 2 amide bonds. The number of hydrogen-bond donors (Lipinski definition) is 0. The zero-order valence-electron chi connectivity index (χ0n) is 13.6. The molecule has 0 aromatic heterocycles. The van der Waals surface area contributed by atoms with E-state index >= 15 is 0 Å². The lowest BCUT2D eigenvalue weighted by molar-refractivity contribution is -0.140. The van der Waals surface area contributed by atoms with Crippen LogP contribution in [0.3, 0.4) is 0 Å². The first-order chi connectivity index (χ1) is 12.5. The third-order valence-electron chi connectivity index (χ3n) is 5.09. The molecule has 132 valence electrons. The van der Waals surface area contributed by atoms with Crippen LogP contribution in [0.4, 0.5) is 0 Å². The molecule has 5 nitrogen and oxygen atoms in total. The van der Waals surface area contributed by atoms with Crippen molar-refractivity contribution in [2.75, 3.05) is 6.61 Å². The van der Waals surface area contributed by atoms with Crippen molar-refractivity contribution in [3.8, 4) is 18.1 Å². The maximum absolute atomic E-state index is 12.6. The Morgan fingerprint density at radius 2 is 1.77 bits per heavy atom. The minimum Gasteiger partial charge on any atom is -0.478 e. The summed E-state index contributed by atoms with van der Waals surface area (Å²) >= 11 is 12.3. The van der Waals surface area contributed by atoms with Gasteiger partial charge in [-0.25, -0.2) is 0 Å². The number of rotatable bonds is 4. The number of amides is 2. The average Bonchev–Trinajstić information content (AvgIpc) is 3.27. The molecule has 1 aromatic carbocycles. The van der Waals surface area contributed by atoms with Crippen molar-refractivity contribution in [1.82, 2.24) is 5.01 Å². The largest absolute Gasteiger partial charge is 0.478 e. The summed E-state index contributed by atoms with van der Waals surface area (Å²) in [5, 5.41) is 5.62. The molecule has 0 spiro atoms. The lowest BCUT2D eigenvalue weighted by Gasteiger charge is -2.13. The molecule has 3 aliphatic rings. The fourth-order valence-electron chi connectivity index (χ4n) is 4.03. The molecule has 4 unspecified atom stereocenters. The Bertz CT molecular complexity index is 850. The zero-order chi connectivity index (χ0) is 18.4. The third kappa shape index (κ3) is 2.61. The normalized spacial score (nSPS) is 28.9. The number of hydrogen-bond acceptors (Lipinski definition) is 4. The number of allylic oxidation sites excluding steroid dienone is 2. The third-order valence-corrected chi connectivity index (χ3v) is 5.65. The fraction of sp³-hybridized carbons (Fsp3) is 0.316. The van der Waals surface area contributed by atoms with Gasteiger partial charge in [-0.3, -0.25) is 9.59 Å². The van der Waals surface area contributed by atoms with Gasteiger partial charge in [0.2, 0.25) is 0 Å². The summed E-state index contributed by atoms with van der Waals surface area (Å²) < 4.78 is 5.29. The Labute approximate surface area is 160 Å². The molecule has 1 aromatic rings. The molecule has 1 heterocycles. The minimum atomic E-state index is -0.277. The van der Waals surface area contributed by atoms with E-state index in [-0.39, 0.29) is 57.9 Å². The summed E-state index contributed by atoms with van der Waals surface area (Å²) in [6.07, 6.45) is 11.5. The van der Waals surface area contributed by atoms with Crippen molar-refractivity contribution in [2.45, 2.75) is 6.42 Å². The highest BCUT2D eigenvalue weighted by Gasteiger charge is 2.59. The van der Waals surface area contributed by atoms with Gasteiger partial charge in [-0.1, -0.05) is 41.3 Å². The molecule has 26 heavy (non-hydrogen) atoms. The van der Waals surface area contributed by atoms with Gasteiger partial charge in [0.25, 0.3) is 11.8 Å². The van der Waals surface area contributed by atoms with Crippen molar-refractivity contribution >= 4 is 41.2 Å². The van der Waals surface area contributed by atoms with E-state index in [2.05, 4.69) is 11.0 Å². The fourth-order valence-corrected chi connectivity index (χ4v) is 4.64. The van der Waals surface area contributed by atoms with Crippen molar-refractivity contribution in [2.24, 2.45) is 28.8 Å². The second-order valence-electron chi connectivity index (χ2n) is 6.54. The quantitative estimate of drug-likeness (QED) is 0.344. The van der Waals surface area contributed by atoms with E-state index < -0.39 is 0 Å². The number of benzene rings is 1. The summed E-state index contributed by atoms with van der Waals surface area (Å²) in [5.41, 5.74) is 0.548. The van der Waals surface area contributed by atoms with Gasteiger partial charge in [0.15, 0.2) is 5.75 Å². The lowest BCUT2D eigenvalue weighted by Crippen LogP contribution is -2.28. The minimum absolute atomic E-state index is 0.0444. The Kier molecular flexibility index (Phi) is 4.26. The van der Waals surface area contributed by atoms with Gasteiger partial charge >= 0.3 is 0 Å². The van der Waals surface area contributed by atoms with Gasteiger partial charge in [-0.2, -0.15) is 10.1 Å². The second-order valence-corrected chi connectivity index (χ2v) is 7.35. The number of fused-ring (bicyclic) bond motifs is 5. The van der Waals surface area contributed by atoms with E-state index in [0.717, 1.165) is 11.4 Å². The van der Waals surface area contributed by atoms with E-state index in [1.807, 2.05) is 12.2 Å². The van der Waals surface area contributed by atoms with Crippen LogP contribution < -0.4 is 4.74 Å². The summed E-state index contributed by atoms with van der Waals surface area (Å²) in [7, 11) is 0. The Balaban J connectivity index is 1.55. The van der Waals surface area contributed by atoms with Gasteiger partial charge in [0.1, 0.15) is 6.61 Å². The topological polar surface area (TPSA) is 59.0 Å². The second kappa shape index (κ2) is 6.46. The van der Waals surface area contributed by atoms with Crippen LogP contribution in [-0.2, 0) is 9.59 Å². The molecule has 1 saturated heterocycles. The highest BCUT2D eigenvalue weighted by Crippen LogP contribution is 2.52. The number of hydrazone groups is 1. The number of terminal acetylenes is 1. The highest BCUT2D eigenvalue weighted by molar-refractivity contribution is 6.37. The van der Waals surface area contributed by atoms with Crippen LogP contribution in [0.5, 0.6) is 5.75 Å². The SMILES string of the molecule is C#CCOc1c(Cl)cc(C=NN2C(=O)C3C4C=CC(C4)C3C2=O)cc1Cl. The van der Waals surface area contributed by atoms with E-state index in [1.54, 1.807) is 12.1 Å². The van der Waals surface area contributed by atoms with Gasteiger partial charge in [0.05, 0.1) is 28.1 Å². The number of carbonyl (C=O) groups excluding carboxylic acids is 2. The lowest BCUT2D eigenvalue weighted by atomic mass is 9.85. The Hall–Kier alpha value is -2.29. The van der Waals surface area contributed by atoms with Gasteiger partial charge in [-0.05, 0) is 36.0 Å². The van der Waals surface area contributed by atoms with Crippen molar-refractivity contribution in [3.05, 3.63) is 39.9 Å². The predicted molar refractivity (Wildman–Crippen MR) is 98.0 cm³/mol. The monoisotopic (exact) mass is 388 g/mol. The first-order valence-corrected chi connectivity index (χ1v) is 8.92. The molecule has 2 aliphatic carbocycles. The molecule has 1 aliphatic heterocycles. The molecule has 4 rings (SSSR count). The smallest absolute Gasteiger partial charge is 0.254 e. The number of carbonyl (C=O) groups is 2. The molecular formula is C19H14Cl2N2O3. The van der Waals surface area contributed by atoms with Crippen molar-refractivity contribution < 1.29 is 14.3 Å². The summed E-state index contributed by atoms with van der Waals surface area (Å²) in [6.45, 7) is 0.0444. The van der Waals surface area contributed by atoms with Crippen LogP contribution in [0.2, 0.25) is 10.0 Å². The van der Waals surface area contributed by atoms with Crippen LogP contribution in [0, 0.1) is 36.0 Å². The molecule has 0 N–H and O–H groups in total. The van der Waals surface area contributed by atoms with E-state index in [4.69, 9.17) is 34.4 Å².